The van der Waals surface area contributed by atoms with Crippen LogP contribution in [-0.4, -0.2) is 18.2 Å². The fourth-order valence-electron chi connectivity index (χ4n) is 1.95. The van der Waals surface area contributed by atoms with Crippen LogP contribution >= 0.6 is 0 Å². The Morgan fingerprint density at radius 3 is 2.52 bits per heavy atom. The topological polar surface area (TPSA) is 58.6 Å². The van der Waals surface area contributed by atoms with Crippen LogP contribution in [0.5, 0.6) is 5.75 Å². The predicted octanol–water partition coefficient (Wildman–Crippen LogP) is 3.17. The number of nitrogens with one attached hydrogen (secondary N) is 1. The zero-order chi connectivity index (χ0) is 15.4. The normalized spacial score (nSPS) is 11.8. The number of carbonyl (C=O) groups is 1. The third-order valence-corrected chi connectivity index (χ3v) is 3.10. The summed E-state index contributed by atoms with van der Waals surface area (Å²) in [4.78, 5) is 11.9. The van der Waals surface area contributed by atoms with Gasteiger partial charge in [-0.3, -0.25) is 0 Å². The molecule has 110 valence electrons. The molecule has 0 amide bonds. The molecule has 0 aliphatic rings. The van der Waals surface area contributed by atoms with Gasteiger partial charge in [0.1, 0.15) is 11.6 Å². The second-order valence-electron chi connectivity index (χ2n) is 4.67. The molecule has 0 spiro atoms. The van der Waals surface area contributed by atoms with Crippen LogP contribution in [0.15, 0.2) is 42.5 Å². The average molecular weight is 289 g/mol. The highest BCUT2D eigenvalue weighted by molar-refractivity contribution is 5.82. The Morgan fingerprint density at radius 2 is 1.90 bits per heavy atom. The summed E-state index contributed by atoms with van der Waals surface area (Å²) in [5.74, 6) is -1.33. The van der Waals surface area contributed by atoms with Crippen molar-refractivity contribution in [1.29, 1.82) is 0 Å². The van der Waals surface area contributed by atoms with Crippen LogP contribution < -0.4 is 5.32 Å². The number of hydrogen-bond acceptors (Lipinski definition) is 4. The minimum atomic E-state index is -0.992. The number of phenolic OH excluding ortho intramolecular Hbond substituents is 1. The van der Waals surface area contributed by atoms with E-state index in [4.69, 9.17) is 4.74 Å². The number of hydrogen-bond donors (Lipinski definition) is 2. The molecule has 0 radical (unpaired) electrons. The van der Waals surface area contributed by atoms with E-state index in [-0.39, 0.29) is 11.3 Å². The van der Waals surface area contributed by atoms with Gasteiger partial charge in [-0.25, -0.2) is 9.18 Å². The fraction of sp³-hybridized carbons (Fsp3) is 0.188. The number of phenols is 1. The molecule has 0 heterocycles. The monoisotopic (exact) mass is 289 g/mol. The van der Waals surface area contributed by atoms with E-state index in [1.54, 1.807) is 12.1 Å². The first-order chi connectivity index (χ1) is 10.0. The van der Waals surface area contributed by atoms with Crippen molar-refractivity contribution in [3.8, 4) is 5.75 Å². The van der Waals surface area contributed by atoms with Crippen LogP contribution in [-0.2, 0) is 9.53 Å². The van der Waals surface area contributed by atoms with Crippen molar-refractivity contribution in [1.82, 2.24) is 0 Å². The minimum Gasteiger partial charge on any atom is -0.508 e. The van der Waals surface area contributed by atoms with E-state index >= 15 is 0 Å². The smallest absolute Gasteiger partial charge is 0.333 e. The summed E-state index contributed by atoms with van der Waals surface area (Å²) in [5, 5.41) is 12.8. The van der Waals surface area contributed by atoms with E-state index in [2.05, 4.69) is 5.32 Å². The van der Waals surface area contributed by atoms with Gasteiger partial charge in [-0.05, 0) is 37.3 Å². The molecule has 0 aliphatic carbocycles. The average Bonchev–Trinajstić information content (AvgIpc) is 2.48. The van der Waals surface area contributed by atoms with Crippen molar-refractivity contribution in [2.45, 2.75) is 13.0 Å². The third kappa shape index (κ3) is 3.51. The fourth-order valence-corrected chi connectivity index (χ4v) is 1.95. The number of esters is 1. The highest BCUT2D eigenvalue weighted by Gasteiger charge is 2.24. The largest absolute Gasteiger partial charge is 0.508 e. The SMILES string of the molecule is COC(=O)C(Nc1ccc(C)cc1)c1cc(F)ccc1O. The molecular formula is C16H16FNO3. The van der Waals surface area contributed by atoms with Crippen LogP contribution in [0.2, 0.25) is 0 Å². The quantitative estimate of drug-likeness (QED) is 0.849. The summed E-state index contributed by atoms with van der Waals surface area (Å²) in [5.41, 5.74) is 1.87. The lowest BCUT2D eigenvalue weighted by Crippen LogP contribution is -2.22. The summed E-state index contributed by atoms with van der Waals surface area (Å²) >= 11 is 0. The Bertz CT molecular complexity index is 640. The number of anilines is 1. The van der Waals surface area contributed by atoms with Gasteiger partial charge in [0, 0.05) is 11.3 Å². The second kappa shape index (κ2) is 6.26. The maximum absolute atomic E-state index is 13.4. The number of methoxy groups -OCH3 is 1. The van der Waals surface area contributed by atoms with Crippen LogP contribution in [0.4, 0.5) is 10.1 Å². The molecule has 0 aromatic heterocycles. The molecular weight excluding hydrogens is 273 g/mol. The van der Waals surface area contributed by atoms with Gasteiger partial charge >= 0.3 is 5.97 Å². The number of rotatable bonds is 4. The lowest BCUT2D eigenvalue weighted by Gasteiger charge is -2.19. The van der Waals surface area contributed by atoms with Gasteiger partial charge in [-0.1, -0.05) is 17.7 Å². The van der Waals surface area contributed by atoms with Crippen LogP contribution in [0, 0.1) is 12.7 Å². The van der Waals surface area contributed by atoms with Gasteiger partial charge in [0.15, 0.2) is 6.04 Å². The standard InChI is InChI=1S/C16H16FNO3/c1-10-3-6-12(7-4-10)18-15(16(20)21-2)13-9-11(17)5-8-14(13)19/h3-9,15,18-19H,1-2H3. The molecule has 4 nitrogen and oxygen atoms in total. The number of aryl methyl sites for hydroxylation is 1. The van der Waals surface area contributed by atoms with E-state index in [9.17, 15) is 14.3 Å². The van der Waals surface area contributed by atoms with E-state index in [1.807, 2.05) is 19.1 Å². The van der Waals surface area contributed by atoms with Crippen molar-refractivity contribution in [2.75, 3.05) is 12.4 Å². The first-order valence-corrected chi connectivity index (χ1v) is 6.40. The Hall–Kier alpha value is -2.56. The summed E-state index contributed by atoms with van der Waals surface area (Å²) in [6, 6.07) is 9.79. The number of ether oxygens (including phenoxy) is 1. The summed E-state index contributed by atoms with van der Waals surface area (Å²) in [6.07, 6.45) is 0. The lowest BCUT2D eigenvalue weighted by atomic mass is 10.0. The molecule has 0 aliphatic heterocycles. The molecule has 1 unspecified atom stereocenters. The Labute approximate surface area is 122 Å². The molecule has 0 saturated carbocycles. The highest BCUT2D eigenvalue weighted by atomic mass is 19.1. The van der Waals surface area contributed by atoms with Crippen molar-refractivity contribution >= 4 is 11.7 Å². The van der Waals surface area contributed by atoms with Crippen molar-refractivity contribution < 1.29 is 19.0 Å². The van der Waals surface area contributed by atoms with Crippen molar-refractivity contribution in [3.05, 3.63) is 59.4 Å². The molecule has 1 atom stereocenters. The maximum Gasteiger partial charge on any atom is 0.333 e. The molecule has 2 aromatic rings. The summed E-state index contributed by atoms with van der Waals surface area (Å²) in [6.45, 7) is 1.94. The van der Waals surface area contributed by atoms with Crippen molar-refractivity contribution in [3.63, 3.8) is 0 Å². The van der Waals surface area contributed by atoms with E-state index < -0.39 is 17.8 Å². The number of aromatic hydroxyl groups is 1. The number of carbonyl (C=O) groups excluding carboxylic acids is 1. The Balaban J connectivity index is 2.36. The van der Waals surface area contributed by atoms with Gasteiger partial charge in [0.05, 0.1) is 7.11 Å². The number of benzene rings is 2. The zero-order valence-electron chi connectivity index (χ0n) is 11.8. The molecule has 2 N–H and O–H groups in total. The maximum atomic E-state index is 13.4. The molecule has 21 heavy (non-hydrogen) atoms. The zero-order valence-corrected chi connectivity index (χ0v) is 11.8. The van der Waals surface area contributed by atoms with Crippen LogP contribution in [0.3, 0.4) is 0 Å². The van der Waals surface area contributed by atoms with Gasteiger partial charge in [0.2, 0.25) is 0 Å². The molecule has 2 rings (SSSR count). The molecule has 0 bridgehead atoms. The summed E-state index contributed by atoms with van der Waals surface area (Å²) < 4.78 is 18.1. The van der Waals surface area contributed by atoms with Gasteiger partial charge in [0.25, 0.3) is 0 Å². The summed E-state index contributed by atoms with van der Waals surface area (Å²) in [7, 11) is 1.24. The van der Waals surface area contributed by atoms with Gasteiger partial charge < -0.3 is 15.2 Å². The molecule has 0 saturated heterocycles. The Kier molecular flexibility index (Phi) is 4.42. The molecule has 0 fully saturated rings. The second-order valence-corrected chi connectivity index (χ2v) is 4.67. The van der Waals surface area contributed by atoms with Crippen LogP contribution in [0.25, 0.3) is 0 Å². The van der Waals surface area contributed by atoms with Crippen molar-refractivity contribution in [2.24, 2.45) is 0 Å². The first-order valence-electron chi connectivity index (χ1n) is 6.40. The molecule has 5 heteroatoms. The van der Waals surface area contributed by atoms with E-state index in [0.29, 0.717) is 5.69 Å². The van der Waals surface area contributed by atoms with Gasteiger partial charge in [-0.15, -0.1) is 0 Å². The molecule has 2 aromatic carbocycles. The third-order valence-electron chi connectivity index (χ3n) is 3.10. The highest BCUT2D eigenvalue weighted by Crippen LogP contribution is 2.29. The predicted molar refractivity (Wildman–Crippen MR) is 77.6 cm³/mol. The minimum absolute atomic E-state index is 0.127. The van der Waals surface area contributed by atoms with Crippen LogP contribution in [0.1, 0.15) is 17.2 Å². The Morgan fingerprint density at radius 1 is 1.24 bits per heavy atom. The van der Waals surface area contributed by atoms with E-state index in [0.717, 1.165) is 17.7 Å². The lowest BCUT2D eigenvalue weighted by molar-refractivity contribution is -0.141. The first kappa shape index (κ1) is 14.8. The van der Waals surface area contributed by atoms with Gasteiger partial charge in [-0.2, -0.15) is 0 Å². The number of halogens is 1. The van der Waals surface area contributed by atoms with E-state index in [1.165, 1.54) is 13.2 Å².